The van der Waals surface area contributed by atoms with E-state index in [-0.39, 0.29) is 0 Å². The number of nitrogens with zero attached hydrogens (tertiary/aromatic N) is 1. The van der Waals surface area contributed by atoms with E-state index in [1.54, 1.807) is 0 Å². The lowest BCUT2D eigenvalue weighted by atomic mass is 10.1. The van der Waals surface area contributed by atoms with E-state index in [0.29, 0.717) is 0 Å². The molecule has 1 aromatic rings. The Bertz CT molecular complexity index is 386. The van der Waals surface area contributed by atoms with Crippen molar-refractivity contribution < 1.29 is 0 Å². The Kier molecular flexibility index (Phi) is 4.90. The highest BCUT2D eigenvalue weighted by Gasteiger charge is 2.18. The predicted molar refractivity (Wildman–Crippen MR) is 79.4 cm³/mol. The van der Waals surface area contributed by atoms with Gasteiger partial charge in [-0.25, -0.2) is 0 Å². The fraction of sp³-hybridized carbons (Fsp3) is 0.600. The van der Waals surface area contributed by atoms with Gasteiger partial charge in [-0.2, -0.15) is 0 Å². The Hall–Kier alpha value is -0.730. The normalized spacial score (nSPS) is 16.2. The van der Waals surface area contributed by atoms with Crippen LogP contribution in [0.2, 0.25) is 5.02 Å². The monoisotopic (exact) mass is 266 g/mol. The average Bonchev–Trinajstić information content (AvgIpc) is 2.82. The van der Waals surface area contributed by atoms with Crippen LogP contribution >= 0.6 is 11.6 Å². The van der Waals surface area contributed by atoms with Gasteiger partial charge in [0.15, 0.2) is 0 Å². The highest BCUT2D eigenvalue weighted by atomic mass is 35.5. The smallest absolute Gasteiger partial charge is 0.0642 e. The molecule has 1 aliphatic rings. The van der Waals surface area contributed by atoms with E-state index < -0.39 is 0 Å². The van der Waals surface area contributed by atoms with Gasteiger partial charge < -0.3 is 10.2 Å². The molecular formula is C15H23ClN2. The van der Waals surface area contributed by atoms with E-state index in [1.807, 2.05) is 7.05 Å². The van der Waals surface area contributed by atoms with Gasteiger partial charge in [0.25, 0.3) is 0 Å². The molecule has 18 heavy (non-hydrogen) atoms. The first-order chi connectivity index (χ1) is 8.70. The van der Waals surface area contributed by atoms with Gasteiger partial charge in [0.2, 0.25) is 0 Å². The number of benzene rings is 1. The first kappa shape index (κ1) is 13.7. The largest absolute Gasteiger partial charge is 0.373 e. The van der Waals surface area contributed by atoms with Crippen LogP contribution in [0.5, 0.6) is 0 Å². The predicted octanol–water partition coefficient (Wildman–Crippen LogP) is 3.69. The van der Waals surface area contributed by atoms with E-state index >= 15 is 0 Å². The number of hydrogen-bond acceptors (Lipinski definition) is 2. The molecule has 1 aromatic carbocycles. The molecule has 0 spiro atoms. The fourth-order valence-corrected chi connectivity index (χ4v) is 3.20. The molecule has 0 unspecified atom stereocenters. The third kappa shape index (κ3) is 3.39. The van der Waals surface area contributed by atoms with Crippen molar-refractivity contribution in [3.05, 3.63) is 28.8 Å². The molecule has 0 saturated heterocycles. The Morgan fingerprint density at radius 3 is 2.67 bits per heavy atom. The lowest BCUT2D eigenvalue weighted by Gasteiger charge is -2.24. The molecule has 0 atom stereocenters. The number of halogens is 1. The van der Waals surface area contributed by atoms with Crippen molar-refractivity contribution in [1.29, 1.82) is 0 Å². The van der Waals surface area contributed by atoms with Crippen LogP contribution in [-0.4, -0.2) is 20.6 Å². The SMILES string of the molecule is CNCc1ccc(N(C)CC2CCCC2)c(Cl)c1. The topological polar surface area (TPSA) is 15.3 Å². The maximum Gasteiger partial charge on any atom is 0.0642 e. The van der Waals surface area contributed by atoms with E-state index in [4.69, 9.17) is 11.6 Å². The van der Waals surface area contributed by atoms with Gasteiger partial charge in [-0.1, -0.05) is 30.5 Å². The van der Waals surface area contributed by atoms with Crippen molar-refractivity contribution in [1.82, 2.24) is 5.32 Å². The molecule has 2 nitrogen and oxygen atoms in total. The standard InChI is InChI=1S/C15H23ClN2/c1-17-10-13-7-8-15(14(16)9-13)18(2)11-12-5-3-4-6-12/h7-9,12,17H,3-6,10-11H2,1-2H3. The second kappa shape index (κ2) is 6.44. The third-order valence-corrected chi connectivity index (χ3v) is 4.11. The fourth-order valence-electron chi connectivity index (χ4n) is 2.85. The van der Waals surface area contributed by atoms with Crippen LogP contribution in [0.1, 0.15) is 31.2 Å². The van der Waals surface area contributed by atoms with Crippen LogP contribution in [0.15, 0.2) is 18.2 Å². The summed E-state index contributed by atoms with van der Waals surface area (Å²) < 4.78 is 0. The van der Waals surface area contributed by atoms with E-state index in [2.05, 4.69) is 35.5 Å². The lowest BCUT2D eigenvalue weighted by Crippen LogP contribution is -2.24. The Labute approximate surface area is 115 Å². The van der Waals surface area contributed by atoms with E-state index in [0.717, 1.165) is 29.7 Å². The quantitative estimate of drug-likeness (QED) is 0.875. The first-order valence-corrected chi connectivity index (χ1v) is 7.22. The summed E-state index contributed by atoms with van der Waals surface area (Å²) >= 11 is 6.38. The number of hydrogen-bond donors (Lipinski definition) is 1. The molecule has 1 N–H and O–H groups in total. The van der Waals surface area contributed by atoms with Crippen LogP contribution in [0.25, 0.3) is 0 Å². The van der Waals surface area contributed by atoms with Crippen LogP contribution in [0, 0.1) is 5.92 Å². The lowest BCUT2D eigenvalue weighted by molar-refractivity contribution is 0.547. The zero-order valence-electron chi connectivity index (χ0n) is 11.4. The average molecular weight is 267 g/mol. The number of anilines is 1. The minimum absolute atomic E-state index is 0.850. The Morgan fingerprint density at radius 1 is 1.33 bits per heavy atom. The maximum absolute atomic E-state index is 6.38. The Morgan fingerprint density at radius 2 is 2.06 bits per heavy atom. The maximum atomic E-state index is 6.38. The van der Waals surface area contributed by atoms with Crippen molar-refractivity contribution in [2.75, 3.05) is 25.5 Å². The van der Waals surface area contributed by atoms with Gasteiger partial charge in [0.1, 0.15) is 0 Å². The molecule has 0 aromatic heterocycles. The minimum Gasteiger partial charge on any atom is -0.373 e. The molecular weight excluding hydrogens is 244 g/mol. The summed E-state index contributed by atoms with van der Waals surface area (Å²) in [4.78, 5) is 2.31. The molecule has 1 saturated carbocycles. The summed E-state index contributed by atoms with van der Waals surface area (Å²) in [7, 11) is 4.10. The van der Waals surface area contributed by atoms with Crippen LogP contribution in [-0.2, 0) is 6.54 Å². The summed E-state index contributed by atoms with van der Waals surface area (Å²) in [6.45, 7) is 2.00. The molecule has 100 valence electrons. The third-order valence-electron chi connectivity index (χ3n) is 3.81. The minimum atomic E-state index is 0.850. The van der Waals surface area contributed by atoms with Gasteiger partial charge in [0, 0.05) is 20.1 Å². The van der Waals surface area contributed by atoms with Crippen LogP contribution in [0.3, 0.4) is 0 Å². The zero-order valence-corrected chi connectivity index (χ0v) is 12.1. The van der Waals surface area contributed by atoms with Crippen molar-refractivity contribution in [3.8, 4) is 0 Å². The highest BCUT2D eigenvalue weighted by molar-refractivity contribution is 6.33. The van der Waals surface area contributed by atoms with Gasteiger partial charge >= 0.3 is 0 Å². The molecule has 1 fully saturated rings. The molecule has 1 aliphatic carbocycles. The van der Waals surface area contributed by atoms with Gasteiger partial charge in [-0.05, 0) is 43.5 Å². The first-order valence-electron chi connectivity index (χ1n) is 6.85. The van der Waals surface area contributed by atoms with Crippen molar-refractivity contribution in [2.45, 2.75) is 32.2 Å². The second-order valence-corrected chi connectivity index (χ2v) is 5.75. The van der Waals surface area contributed by atoms with Gasteiger partial charge in [-0.15, -0.1) is 0 Å². The van der Waals surface area contributed by atoms with Crippen molar-refractivity contribution >= 4 is 17.3 Å². The number of nitrogens with one attached hydrogen (secondary N) is 1. The summed E-state index contributed by atoms with van der Waals surface area (Å²) in [6, 6.07) is 6.37. The van der Waals surface area contributed by atoms with E-state index in [9.17, 15) is 0 Å². The van der Waals surface area contributed by atoms with Crippen molar-refractivity contribution in [2.24, 2.45) is 5.92 Å². The molecule has 2 rings (SSSR count). The summed E-state index contributed by atoms with van der Waals surface area (Å²) in [6.07, 6.45) is 5.54. The van der Waals surface area contributed by atoms with E-state index in [1.165, 1.54) is 31.2 Å². The summed E-state index contributed by atoms with van der Waals surface area (Å²) in [5, 5.41) is 4.01. The molecule has 0 radical (unpaired) electrons. The molecule has 0 amide bonds. The second-order valence-electron chi connectivity index (χ2n) is 5.35. The summed E-state index contributed by atoms with van der Waals surface area (Å²) in [5.41, 5.74) is 2.39. The zero-order chi connectivity index (χ0) is 13.0. The number of rotatable bonds is 5. The molecule has 3 heteroatoms. The molecule has 0 heterocycles. The Balaban J connectivity index is 2.02. The molecule has 0 aliphatic heterocycles. The molecule has 0 bridgehead atoms. The van der Waals surface area contributed by atoms with Crippen molar-refractivity contribution in [3.63, 3.8) is 0 Å². The van der Waals surface area contributed by atoms with Gasteiger partial charge in [-0.3, -0.25) is 0 Å². The van der Waals surface area contributed by atoms with Crippen LogP contribution in [0.4, 0.5) is 5.69 Å². The van der Waals surface area contributed by atoms with Gasteiger partial charge in [0.05, 0.1) is 10.7 Å². The van der Waals surface area contributed by atoms with Crippen LogP contribution < -0.4 is 10.2 Å². The highest BCUT2D eigenvalue weighted by Crippen LogP contribution is 2.30. The summed E-state index contributed by atoms with van der Waals surface area (Å²) in [5.74, 6) is 0.850.